The number of ether oxygens (including phenoxy) is 1. The Kier molecular flexibility index (Phi) is 4.28. The molecule has 1 atom stereocenters. The Morgan fingerprint density at radius 3 is 2.88 bits per heavy atom. The molecule has 126 valence electrons. The number of nitrogens with zero attached hydrogens (tertiary/aromatic N) is 1. The van der Waals surface area contributed by atoms with Gasteiger partial charge in [0.25, 0.3) is 0 Å². The van der Waals surface area contributed by atoms with Gasteiger partial charge in [-0.2, -0.15) is 0 Å². The number of halogens is 1. The first kappa shape index (κ1) is 15.9. The number of ketones is 1. The summed E-state index contributed by atoms with van der Waals surface area (Å²) in [5.41, 5.74) is 2.82. The first-order valence-electron chi connectivity index (χ1n) is 8.12. The molecule has 0 saturated carbocycles. The van der Waals surface area contributed by atoms with Crippen molar-refractivity contribution < 1.29 is 13.9 Å². The molecule has 0 saturated heterocycles. The fraction of sp³-hybridized carbons (Fsp3) is 0.200. The highest BCUT2D eigenvalue weighted by Gasteiger charge is 2.24. The Morgan fingerprint density at radius 1 is 1.24 bits per heavy atom. The molecule has 1 aliphatic heterocycles. The second-order valence-electron chi connectivity index (χ2n) is 6.15. The Balaban J connectivity index is 1.39. The number of benzene rings is 2. The summed E-state index contributed by atoms with van der Waals surface area (Å²) in [5.74, 6) is 1.64. The molecular weight excluding hydrogens is 338 g/mol. The predicted molar refractivity (Wildman–Crippen MR) is 94.8 cm³/mol. The van der Waals surface area contributed by atoms with Crippen LogP contribution in [0, 0.1) is 0 Å². The molecule has 2 heterocycles. The standard InChI is InChI=1S/C20H16ClNO3/c21-18-8-13(5-6-17(18)20-11-22-12-24-20)7-15(23)10-16-9-14-3-1-2-4-19(14)25-16/h1-6,8,11-12,16H,7,9-10H2. The van der Waals surface area contributed by atoms with Gasteiger partial charge in [0.05, 0.1) is 11.2 Å². The number of carbonyl (C=O) groups excluding carboxylic acids is 1. The topological polar surface area (TPSA) is 52.3 Å². The summed E-state index contributed by atoms with van der Waals surface area (Å²) in [5, 5.41) is 0.548. The van der Waals surface area contributed by atoms with E-state index >= 15 is 0 Å². The van der Waals surface area contributed by atoms with Crippen LogP contribution in [0.2, 0.25) is 5.02 Å². The number of para-hydroxylation sites is 1. The maximum absolute atomic E-state index is 12.4. The first-order chi connectivity index (χ1) is 12.2. The third-order valence-electron chi connectivity index (χ3n) is 4.30. The molecule has 1 aromatic heterocycles. The van der Waals surface area contributed by atoms with Gasteiger partial charge in [0.1, 0.15) is 17.6 Å². The van der Waals surface area contributed by atoms with Crippen LogP contribution in [0.3, 0.4) is 0 Å². The molecule has 25 heavy (non-hydrogen) atoms. The lowest BCUT2D eigenvalue weighted by atomic mass is 10.0. The second kappa shape index (κ2) is 6.73. The van der Waals surface area contributed by atoms with Crippen molar-refractivity contribution in [3.63, 3.8) is 0 Å². The molecular formula is C20H16ClNO3. The minimum absolute atomic E-state index is 0.0751. The molecule has 0 amide bonds. The van der Waals surface area contributed by atoms with Gasteiger partial charge in [-0.05, 0) is 29.3 Å². The fourth-order valence-electron chi connectivity index (χ4n) is 3.14. The van der Waals surface area contributed by atoms with E-state index in [2.05, 4.69) is 4.98 Å². The van der Waals surface area contributed by atoms with E-state index in [-0.39, 0.29) is 11.9 Å². The van der Waals surface area contributed by atoms with E-state index in [4.69, 9.17) is 20.8 Å². The van der Waals surface area contributed by atoms with E-state index in [9.17, 15) is 4.79 Å². The summed E-state index contributed by atoms with van der Waals surface area (Å²) < 4.78 is 11.1. The molecule has 1 unspecified atom stereocenters. The molecule has 0 spiro atoms. The number of fused-ring (bicyclic) bond motifs is 1. The van der Waals surface area contributed by atoms with Gasteiger partial charge < -0.3 is 9.15 Å². The van der Waals surface area contributed by atoms with Gasteiger partial charge in [-0.25, -0.2) is 4.98 Å². The zero-order valence-corrected chi connectivity index (χ0v) is 14.2. The van der Waals surface area contributed by atoms with Gasteiger partial charge in [-0.15, -0.1) is 0 Å². The molecule has 4 nitrogen and oxygen atoms in total. The zero-order chi connectivity index (χ0) is 17.2. The van der Waals surface area contributed by atoms with Gasteiger partial charge in [0.2, 0.25) is 0 Å². The smallest absolute Gasteiger partial charge is 0.181 e. The van der Waals surface area contributed by atoms with Gasteiger partial charge in [0.15, 0.2) is 12.2 Å². The minimum atomic E-state index is -0.0751. The highest BCUT2D eigenvalue weighted by Crippen LogP contribution is 2.31. The van der Waals surface area contributed by atoms with Crippen molar-refractivity contribution in [3.8, 4) is 17.1 Å². The van der Waals surface area contributed by atoms with E-state index in [1.54, 1.807) is 6.20 Å². The maximum Gasteiger partial charge on any atom is 0.181 e. The summed E-state index contributed by atoms with van der Waals surface area (Å²) in [6.45, 7) is 0. The number of hydrogen-bond donors (Lipinski definition) is 0. The van der Waals surface area contributed by atoms with Crippen LogP contribution in [0.25, 0.3) is 11.3 Å². The third-order valence-corrected chi connectivity index (χ3v) is 4.61. The van der Waals surface area contributed by atoms with Gasteiger partial charge in [-0.3, -0.25) is 4.79 Å². The van der Waals surface area contributed by atoms with Crippen molar-refractivity contribution in [1.29, 1.82) is 0 Å². The summed E-state index contributed by atoms with van der Waals surface area (Å²) in [6.07, 6.45) is 4.42. The van der Waals surface area contributed by atoms with E-state index in [0.29, 0.717) is 23.6 Å². The average Bonchev–Trinajstić information content (AvgIpc) is 3.23. The monoisotopic (exact) mass is 353 g/mol. The largest absolute Gasteiger partial charge is 0.489 e. The van der Waals surface area contributed by atoms with Crippen LogP contribution in [-0.2, 0) is 17.6 Å². The molecule has 5 heteroatoms. The Hall–Kier alpha value is -2.59. The van der Waals surface area contributed by atoms with Crippen LogP contribution in [0.1, 0.15) is 17.5 Å². The van der Waals surface area contributed by atoms with E-state index < -0.39 is 0 Å². The molecule has 0 bridgehead atoms. The zero-order valence-electron chi connectivity index (χ0n) is 13.4. The highest BCUT2D eigenvalue weighted by atomic mass is 35.5. The van der Waals surface area contributed by atoms with Crippen LogP contribution < -0.4 is 4.74 Å². The number of oxazole rings is 1. The van der Waals surface area contributed by atoms with Crippen molar-refractivity contribution in [2.45, 2.75) is 25.4 Å². The number of hydrogen-bond acceptors (Lipinski definition) is 4. The summed E-state index contributed by atoms with van der Waals surface area (Å²) >= 11 is 6.31. The number of carbonyl (C=O) groups is 1. The number of rotatable bonds is 5. The van der Waals surface area contributed by atoms with Crippen LogP contribution in [0.4, 0.5) is 0 Å². The van der Waals surface area contributed by atoms with E-state index in [0.717, 1.165) is 23.3 Å². The van der Waals surface area contributed by atoms with Crippen molar-refractivity contribution >= 4 is 17.4 Å². The second-order valence-corrected chi connectivity index (χ2v) is 6.56. The molecule has 0 radical (unpaired) electrons. The highest BCUT2D eigenvalue weighted by molar-refractivity contribution is 6.33. The van der Waals surface area contributed by atoms with Gasteiger partial charge in [0, 0.05) is 24.8 Å². The van der Waals surface area contributed by atoms with Crippen molar-refractivity contribution in [2.24, 2.45) is 0 Å². The first-order valence-corrected chi connectivity index (χ1v) is 8.50. The lowest BCUT2D eigenvalue weighted by Gasteiger charge is -2.10. The SMILES string of the molecule is O=C(Cc1ccc(-c2cnco2)c(Cl)c1)CC1Cc2ccccc2O1. The fourth-order valence-corrected chi connectivity index (χ4v) is 3.44. The Morgan fingerprint density at radius 2 is 2.12 bits per heavy atom. The molecule has 0 N–H and O–H groups in total. The maximum atomic E-state index is 12.4. The van der Waals surface area contributed by atoms with Crippen LogP contribution in [0.5, 0.6) is 5.75 Å². The van der Waals surface area contributed by atoms with Crippen molar-refractivity contribution in [1.82, 2.24) is 4.98 Å². The quantitative estimate of drug-likeness (QED) is 0.677. The van der Waals surface area contributed by atoms with Crippen LogP contribution in [-0.4, -0.2) is 16.9 Å². The van der Waals surface area contributed by atoms with Crippen molar-refractivity contribution in [2.75, 3.05) is 0 Å². The molecule has 1 aliphatic rings. The normalized spacial score (nSPS) is 15.6. The molecule has 2 aromatic carbocycles. The van der Waals surface area contributed by atoms with Gasteiger partial charge in [-0.1, -0.05) is 35.9 Å². The Bertz CT molecular complexity index is 880. The summed E-state index contributed by atoms with van der Waals surface area (Å²) in [4.78, 5) is 16.3. The summed E-state index contributed by atoms with van der Waals surface area (Å²) in [7, 11) is 0. The van der Waals surface area contributed by atoms with Crippen LogP contribution in [0.15, 0.2) is 59.5 Å². The van der Waals surface area contributed by atoms with Crippen LogP contribution >= 0.6 is 11.6 Å². The molecule has 4 rings (SSSR count). The van der Waals surface area contributed by atoms with Gasteiger partial charge >= 0.3 is 0 Å². The lowest BCUT2D eigenvalue weighted by Crippen LogP contribution is -2.19. The third kappa shape index (κ3) is 3.44. The molecule has 0 fully saturated rings. The van der Waals surface area contributed by atoms with E-state index in [1.165, 1.54) is 12.0 Å². The lowest BCUT2D eigenvalue weighted by molar-refractivity contribution is -0.119. The predicted octanol–water partition coefficient (Wildman–Crippen LogP) is 4.50. The number of Topliss-reactive ketones (excluding diaryl/α,β-unsaturated/α-hetero) is 1. The van der Waals surface area contributed by atoms with E-state index in [1.807, 2.05) is 42.5 Å². The number of aromatic nitrogens is 1. The van der Waals surface area contributed by atoms with Crippen molar-refractivity contribution in [3.05, 3.63) is 71.2 Å². The molecule has 3 aromatic rings. The summed E-state index contributed by atoms with van der Waals surface area (Å²) in [6, 6.07) is 13.5. The Labute approximate surface area is 150 Å². The average molecular weight is 354 g/mol. The minimum Gasteiger partial charge on any atom is -0.489 e. The molecule has 0 aliphatic carbocycles.